The van der Waals surface area contributed by atoms with Gasteiger partial charge in [-0.2, -0.15) is 0 Å². The third-order valence-electron chi connectivity index (χ3n) is 11.4. The van der Waals surface area contributed by atoms with Crippen LogP contribution in [0.25, 0.3) is 98.7 Å². The van der Waals surface area contributed by atoms with Crippen LogP contribution in [0, 0.1) is 0 Å². The summed E-state index contributed by atoms with van der Waals surface area (Å²) in [7, 11) is 0. The number of anilines is 3. The van der Waals surface area contributed by atoms with Crippen molar-refractivity contribution in [3.63, 3.8) is 0 Å². The van der Waals surface area contributed by atoms with E-state index in [1.807, 2.05) is 30.3 Å². The molecule has 4 nitrogen and oxygen atoms in total. The maximum atomic E-state index is 6.67. The van der Waals surface area contributed by atoms with Crippen molar-refractivity contribution in [1.82, 2.24) is 4.98 Å². The Balaban J connectivity index is 1.03. The minimum Gasteiger partial charge on any atom is -0.456 e. The van der Waals surface area contributed by atoms with Crippen LogP contribution in [0.5, 0.6) is 0 Å². The van der Waals surface area contributed by atoms with Crippen LogP contribution in [0.15, 0.2) is 203 Å². The Kier molecular flexibility index (Phi) is 6.89. The van der Waals surface area contributed by atoms with Crippen LogP contribution in [-0.2, 0) is 0 Å². The predicted octanol–water partition coefficient (Wildman–Crippen LogP) is 15.1. The van der Waals surface area contributed by atoms with Gasteiger partial charge in [-0.25, -0.2) is 4.98 Å². The summed E-state index contributed by atoms with van der Waals surface area (Å²) in [5, 5.41) is 11.6. The van der Waals surface area contributed by atoms with Crippen LogP contribution < -0.4 is 4.90 Å². The molecule has 0 fully saturated rings. The van der Waals surface area contributed by atoms with Gasteiger partial charge in [-0.3, -0.25) is 0 Å². The highest BCUT2D eigenvalue weighted by Gasteiger charge is 2.21. The van der Waals surface area contributed by atoms with Crippen LogP contribution in [-0.4, -0.2) is 4.98 Å². The SMILES string of the molecule is c1ccc(-c2cccc(N(c3ccc4c(ccc5c6ccccc6ccc45)c3)c3ccc4c(c3)oc3cccc(-c5nc6c(ccc7ccccc76)o5)c34)c2)cc1. The smallest absolute Gasteiger partial charge is 0.228 e. The van der Waals surface area contributed by atoms with Crippen LogP contribution in [0.4, 0.5) is 17.1 Å². The van der Waals surface area contributed by atoms with Gasteiger partial charge in [0.2, 0.25) is 5.89 Å². The quantitative estimate of drug-likeness (QED) is 0.166. The molecule has 0 atom stereocenters. The molecule has 57 heavy (non-hydrogen) atoms. The molecule has 2 aromatic heterocycles. The molecule has 2 heterocycles. The van der Waals surface area contributed by atoms with Gasteiger partial charge in [0.25, 0.3) is 0 Å². The average molecular weight is 729 g/mol. The maximum absolute atomic E-state index is 6.67. The number of fused-ring (bicyclic) bond motifs is 11. The van der Waals surface area contributed by atoms with Gasteiger partial charge >= 0.3 is 0 Å². The minimum atomic E-state index is 0.578. The summed E-state index contributed by atoms with van der Waals surface area (Å²) < 4.78 is 13.1. The molecule has 0 saturated carbocycles. The zero-order valence-corrected chi connectivity index (χ0v) is 30.7. The van der Waals surface area contributed by atoms with E-state index in [1.165, 1.54) is 37.9 Å². The maximum Gasteiger partial charge on any atom is 0.228 e. The van der Waals surface area contributed by atoms with E-state index >= 15 is 0 Å². The number of furan rings is 1. The highest BCUT2D eigenvalue weighted by Crippen LogP contribution is 2.44. The molecule has 0 radical (unpaired) electrons. The average Bonchev–Trinajstić information content (AvgIpc) is 3.89. The number of oxazole rings is 1. The van der Waals surface area contributed by atoms with Crippen molar-refractivity contribution in [1.29, 1.82) is 0 Å². The molecule has 0 bridgehead atoms. The standard InChI is InChI=1S/C53H32N2O2/c1-2-10-33(11-3-1)36-14-8-15-38(30-36)55(39-23-27-42-37(31-39)21-26-44-41-16-6-4-12-34(41)20-25-45(42)44)40-24-28-46-50(32-40)56-48-19-9-18-47(51(46)48)53-54-52-43-17-7-5-13-35(43)22-29-49(52)57-53/h1-32H. The normalized spacial score (nSPS) is 11.9. The Bertz CT molecular complexity index is 3540. The lowest BCUT2D eigenvalue weighted by Crippen LogP contribution is -2.10. The monoisotopic (exact) mass is 728 g/mol. The van der Waals surface area contributed by atoms with Crippen LogP contribution in [0.1, 0.15) is 0 Å². The Labute approximate surface area is 327 Å². The molecule has 0 N–H and O–H groups in total. The summed E-state index contributed by atoms with van der Waals surface area (Å²) in [6, 6.07) is 68.8. The number of rotatable bonds is 5. The fourth-order valence-corrected chi connectivity index (χ4v) is 8.77. The third kappa shape index (κ3) is 5.04. The second-order valence-electron chi connectivity index (χ2n) is 14.7. The molecule has 0 spiro atoms. The van der Waals surface area contributed by atoms with Gasteiger partial charge in [-0.15, -0.1) is 0 Å². The lowest BCUT2D eigenvalue weighted by Gasteiger charge is -2.26. The molecule has 0 amide bonds. The van der Waals surface area contributed by atoms with Crippen molar-refractivity contribution in [2.24, 2.45) is 0 Å². The molecule has 12 aromatic rings. The molecular weight excluding hydrogens is 697 g/mol. The third-order valence-corrected chi connectivity index (χ3v) is 11.4. The summed E-state index contributed by atoms with van der Waals surface area (Å²) in [4.78, 5) is 7.38. The molecule has 0 aliphatic heterocycles. The Morgan fingerprint density at radius 1 is 0.351 bits per heavy atom. The summed E-state index contributed by atoms with van der Waals surface area (Å²) in [6.07, 6.45) is 0. The second-order valence-corrected chi connectivity index (χ2v) is 14.7. The second kappa shape index (κ2) is 12.4. The van der Waals surface area contributed by atoms with Crippen molar-refractivity contribution in [3.05, 3.63) is 194 Å². The van der Waals surface area contributed by atoms with Crippen LogP contribution >= 0.6 is 0 Å². The van der Waals surface area contributed by atoms with E-state index in [1.54, 1.807) is 0 Å². The van der Waals surface area contributed by atoms with E-state index in [4.69, 9.17) is 13.8 Å². The Morgan fingerprint density at radius 3 is 1.84 bits per heavy atom. The first-order chi connectivity index (χ1) is 28.2. The van der Waals surface area contributed by atoms with Gasteiger partial charge in [0.05, 0.1) is 0 Å². The first-order valence-corrected chi connectivity index (χ1v) is 19.3. The number of hydrogen-bond donors (Lipinski definition) is 0. The molecule has 4 heteroatoms. The van der Waals surface area contributed by atoms with Gasteiger partial charge in [0.15, 0.2) is 5.58 Å². The first-order valence-electron chi connectivity index (χ1n) is 19.3. The Morgan fingerprint density at radius 2 is 0.982 bits per heavy atom. The van der Waals surface area contributed by atoms with Crippen molar-refractivity contribution in [2.75, 3.05) is 4.90 Å². The van der Waals surface area contributed by atoms with Crippen molar-refractivity contribution in [2.45, 2.75) is 0 Å². The van der Waals surface area contributed by atoms with Crippen LogP contribution in [0.2, 0.25) is 0 Å². The van der Waals surface area contributed by atoms with Gasteiger partial charge in [0, 0.05) is 44.9 Å². The molecule has 12 rings (SSSR count). The number of aromatic nitrogens is 1. The molecule has 0 saturated heterocycles. The summed E-state index contributed by atoms with van der Waals surface area (Å²) in [5.41, 5.74) is 9.53. The lowest BCUT2D eigenvalue weighted by molar-refractivity contribution is 0.620. The molecular formula is C53H32N2O2. The number of benzene rings is 10. The summed E-state index contributed by atoms with van der Waals surface area (Å²) in [6.45, 7) is 0. The molecule has 0 unspecified atom stereocenters. The molecule has 266 valence electrons. The first kappa shape index (κ1) is 31.6. The summed E-state index contributed by atoms with van der Waals surface area (Å²) >= 11 is 0. The zero-order valence-electron chi connectivity index (χ0n) is 30.7. The van der Waals surface area contributed by atoms with E-state index in [-0.39, 0.29) is 0 Å². The topological polar surface area (TPSA) is 42.4 Å². The van der Waals surface area contributed by atoms with E-state index in [0.29, 0.717) is 5.89 Å². The van der Waals surface area contributed by atoms with Gasteiger partial charge in [-0.05, 0) is 103 Å². The van der Waals surface area contributed by atoms with Crippen LogP contribution in [0.3, 0.4) is 0 Å². The van der Waals surface area contributed by atoms with Crippen molar-refractivity contribution in [3.8, 4) is 22.6 Å². The predicted molar refractivity (Wildman–Crippen MR) is 237 cm³/mol. The van der Waals surface area contributed by atoms with Crippen molar-refractivity contribution >= 4 is 93.2 Å². The van der Waals surface area contributed by atoms with E-state index in [0.717, 1.165) is 72.0 Å². The van der Waals surface area contributed by atoms with Gasteiger partial charge < -0.3 is 13.7 Å². The fraction of sp³-hybridized carbons (Fsp3) is 0. The molecule has 0 aliphatic carbocycles. The van der Waals surface area contributed by atoms with Crippen molar-refractivity contribution < 1.29 is 8.83 Å². The zero-order chi connectivity index (χ0) is 37.5. The van der Waals surface area contributed by atoms with Gasteiger partial charge in [0.1, 0.15) is 16.7 Å². The van der Waals surface area contributed by atoms with E-state index in [9.17, 15) is 0 Å². The highest BCUT2D eigenvalue weighted by molar-refractivity contribution is 6.18. The summed E-state index contributed by atoms with van der Waals surface area (Å²) in [5.74, 6) is 0.578. The number of nitrogens with zero attached hydrogens (tertiary/aromatic N) is 2. The van der Waals surface area contributed by atoms with E-state index < -0.39 is 0 Å². The highest BCUT2D eigenvalue weighted by atomic mass is 16.3. The fourth-order valence-electron chi connectivity index (χ4n) is 8.77. The number of hydrogen-bond acceptors (Lipinski definition) is 4. The molecule has 0 aliphatic rings. The van der Waals surface area contributed by atoms with Gasteiger partial charge in [-0.1, -0.05) is 133 Å². The van der Waals surface area contributed by atoms with E-state index in [2.05, 4.69) is 169 Å². The minimum absolute atomic E-state index is 0.578. The Hall–Kier alpha value is -7.69. The largest absolute Gasteiger partial charge is 0.456 e. The molecule has 10 aromatic carbocycles. The lowest BCUT2D eigenvalue weighted by atomic mass is 9.96.